The van der Waals surface area contributed by atoms with Crippen LogP contribution in [0.2, 0.25) is 0 Å². The van der Waals surface area contributed by atoms with Crippen molar-refractivity contribution in [2.75, 3.05) is 0 Å². The van der Waals surface area contributed by atoms with Gasteiger partial charge in [-0.2, -0.15) is 0 Å². The lowest BCUT2D eigenvalue weighted by Gasteiger charge is -2.07. The summed E-state index contributed by atoms with van der Waals surface area (Å²) in [6.07, 6.45) is 4.64. The van der Waals surface area contributed by atoms with E-state index >= 15 is 0 Å². The molecular formula is C12H12N2OS. The third-order valence-corrected chi connectivity index (χ3v) is 3.09. The Morgan fingerprint density at radius 1 is 1.44 bits per heavy atom. The molecule has 0 saturated carbocycles. The van der Waals surface area contributed by atoms with E-state index in [1.807, 2.05) is 18.4 Å². The van der Waals surface area contributed by atoms with Gasteiger partial charge in [0.25, 0.3) is 0 Å². The summed E-state index contributed by atoms with van der Waals surface area (Å²) in [5.74, 6) is 6.10. The first-order chi connectivity index (χ1) is 7.78. The SMILES string of the molecule is Cc1nc(C#CC2=C/C(=N\O)CCC2)cs1. The van der Waals surface area contributed by atoms with Gasteiger partial charge in [-0.15, -0.1) is 11.3 Å². The molecule has 1 aliphatic rings. The Kier molecular flexibility index (Phi) is 3.37. The van der Waals surface area contributed by atoms with Gasteiger partial charge in [-0.1, -0.05) is 11.1 Å². The first-order valence-electron chi connectivity index (χ1n) is 5.13. The molecule has 0 aromatic carbocycles. The van der Waals surface area contributed by atoms with Crippen LogP contribution in [-0.2, 0) is 0 Å². The van der Waals surface area contributed by atoms with Crippen molar-refractivity contribution in [1.29, 1.82) is 0 Å². The van der Waals surface area contributed by atoms with E-state index in [9.17, 15) is 0 Å². The third-order valence-electron chi connectivity index (χ3n) is 2.32. The molecule has 0 atom stereocenters. The summed E-state index contributed by atoms with van der Waals surface area (Å²) in [6, 6.07) is 0. The summed E-state index contributed by atoms with van der Waals surface area (Å²) in [5, 5.41) is 14.9. The summed E-state index contributed by atoms with van der Waals surface area (Å²) in [7, 11) is 0. The number of aryl methyl sites for hydroxylation is 1. The summed E-state index contributed by atoms with van der Waals surface area (Å²) in [6.45, 7) is 1.96. The second kappa shape index (κ2) is 4.95. The van der Waals surface area contributed by atoms with Crippen LogP contribution < -0.4 is 0 Å². The van der Waals surface area contributed by atoms with Gasteiger partial charge < -0.3 is 5.21 Å². The Balaban J connectivity index is 2.16. The van der Waals surface area contributed by atoms with Crippen molar-refractivity contribution in [2.24, 2.45) is 5.16 Å². The molecule has 0 bridgehead atoms. The molecular weight excluding hydrogens is 220 g/mol. The largest absolute Gasteiger partial charge is 0.411 e. The topological polar surface area (TPSA) is 45.5 Å². The summed E-state index contributed by atoms with van der Waals surface area (Å²) < 4.78 is 0. The van der Waals surface area contributed by atoms with Crippen LogP contribution in [0.4, 0.5) is 0 Å². The first kappa shape index (κ1) is 10.9. The zero-order chi connectivity index (χ0) is 11.4. The molecule has 0 amide bonds. The van der Waals surface area contributed by atoms with Gasteiger partial charge in [-0.3, -0.25) is 0 Å². The minimum atomic E-state index is 0.713. The lowest BCUT2D eigenvalue weighted by atomic mass is 9.98. The van der Waals surface area contributed by atoms with Crippen LogP contribution >= 0.6 is 11.3 Å². The zero-order valence-electron chi connectivity index (χ0n) is 9.03. The molecule has 0 aliphatic heterocycles. The number of hydrogen-bond donors (Lipinski definition) is 1. The minimum absolute atomic E-state index is 0.713. The maximum absolute atomic E-state index is 8.68. The Bertz CT molecular complexity index is 503. The number of rotatable bonds is 0. The average Bonchev–Trinajstić information content (AvgIpc) is 2.73. The van der Waals surface area contributed by atoms with Crippen LogP contribution in [0, 0.1) is 18.8 Å². The fraction of sp³-hybridized carbons (Fsp3) is 0.333. The van der Waals surface area contributed by atoms with Gasteiger partial charge in [-0.05, 0) is 38.2 Å². The van der Waals surface area contributed by atoms with E-state index in [0.29, 0.717) is 5.71 Å². The van der Waals surface area contributed by atoms with Gasteiger partial charge in [0, 0.05) is 11.0 Å². The van der Waals surface area contributed by atoms with E-state index in [2.05, 4.69) is 22.0 Å². The van der Waals surface area contributed by atoms with Crippen LogP contribution in [0.5, 0.6) is 0 Å². The lowest BCUT2D eigenvalue weighted by molar-refractivity contribution is 0.318. The predicted octanol–water partition coefficient (Wildman–Crippen LogP) is 2.74. The van der Waals surface area contributed by atoms with Crippen LogP contribution in [-0.4, -0.2) is 15.9 Å². The van der Waals surface area contributed by atoms with Gasteiger partial charge >= 0.3 is 0 Å². The number of hydrogen-bond acceptors (Lipinski definition) is 4. The third kappa shape index (κ3) is 2.71. The normalized spacial score (nSPS) is 17.8. The van der Waals surface area contributed by atoms with E-state index in [0.717, 1.165) is 35.5 Å². The van der Waals surface area contributed by atoms with Gasteiger partial charge in [0.05, 0.1) is 10.7 Å². The predicted molar refractivity (Wildman–Crippen MR) is 64.9 cm³/mol. The summed E-state index contributed by atoms with van der Waals surface area (Å²) >= 11 is 1.60. The maximum Gasteiger partial charge on any atom is 0.124 e. The molecule has 1 aromatic heterocycles. The van der Waals surface area contributed by atoms with E-state index in [-0.39, 0.29) is 0 Å². The molecule has 82 valence electrons. The van der Waals surface area contributed by atoms with Crippen molar-refractivity contribution in [2.45, 2.75) is 26.2 Å². The Hall–Kier alpha value is -1.60. The van der Waals surface area contributed by atoms with Crippen LogP contribution in [0.1, 0.15) is 30.0 Å². The van der Waals surface area contributed by atoms with Crippen molar-refractivity contribution in [3.05, 3.63) is 27.7 Å². The van der Waals surface area contributed by atoms with E-state index < -0.39 is 0 Å². The van der Waals surface area contributed by atoms with Crippen molar-refractivity contribution < 1.29 is 5.21 Å². The number of nitrogens with zero attached hydrogens (tertiary/aromatic N) is 2. The molecule has 1 aliphatic carbocycles. The molecule has 4 heteroatoms. The molecule has 0 saturated heterocycles. The Morgan fingerprint density at radius 3 is 3.00 bits per heavy atom. The zero-order valence-corrected chi connectivity index (χ0v) is 9.84. The fourth-order valence-corrected chi connectivity index (χ4v) is 2.09. The lowest BCUT2D eigenvalue weighted by Crippen LogP contribution is -2.02. The number of thiazole rings is 1. The first-order valence-corrected chi connectivity index (χ1v) is 6.01. The van der Waals surface area contributed by atoms with E-state index in [1.165, 1.54) is 0 Å². The van der Waals surface area contributed by atoms with E-state index in [4.69, 9.17) is 5.21 Å². The highest BCUT2D eigenvalue weighted by molar-refractivity contribution is 7.09. The maximum atomic E-state index is 8.68. The van der Waals surface area contributed by atoms with Gasteiger partial charge in [0.2, 0.25) is 0 Å². The Labute approximate surface area is 98.5 Å². The van der Waals surface area contributed by atoms with Crippen molar-refractivity contribution in [1.82, 2.24) is 4.98 Å². The minimum Gasteiger partial charge on any atom is -0.411 e. The molecule has 1 N–H and O–H groups in total. The average molecular weight is 232 g/mol. The standard InChI is InChI=1S/C12H12N2OS/c1-9-13-12(8-16-9)6-5-10-3-2-4-11(7-10)14-15/h7-8,15H,2-4H2,1H3/b14-11-. The molecule has 1 aromatic rings. The number of oxime groups is 1. The van der Waals surface area contributed by atoms with Crippen molar-refractivity contribution >= 4 is 17.0 Å². The second-order valence-electron chi connectivity index (χ2n) is 3.62. The van der Waals surface area contributed by atoms with Crippen LogP contribution in [0.15, 0.2) is 22.2 Å². The molecule has 16 heavy (non-hydrogen) atoms. The monoisotopic (exact) mass is 232 g/mol. The molecule has 1 heterocycles. The smallest absolute Gasteiger partial charge is 0.124 e. The molecule has 0 spiro atoms. The highest BCUT2D eigenvalue weighted by Gasteiger charge is 2.06. The molecule has 2 rings (SSSR count). The van der Waals surface area contributed by atoms with Crippen LogP contribution in [0.25, 0.3) is 0 Å². The quantitative estimate of drug-likeness (QED) is 0.424. The van der Waals surface area contributed by atoms with Gasteiger partial charge in [0.1, 0.15) is 5.69 Å². The number of allylic oxidation sites excluding steroid dienone is 2. The number of aromatic nitrogens is 1. The fourth-order valence-electron chi connectivity index (χ4n) is 1.55. The van der Waals surface area contributed by atoms with Crippen LogP contribution in [0.3, 0.4) is 0 Å². The second-order valence-corrected chi connectivity index (χ2v) is 4.68. The molecule has 3 nitrogen and oxygen atoms in total. The molecule has 0 fully saturated rings. The molecule has 0 radical (unpaired) electrons. The summed E-state index contributed by atoms with van der Waals surface area (Å²) in [4.78, 5) is 4.27. The Morgan fingerprint density at radius 2 is 2.31 bits per heavy atom. The van der Waals surface area contributed by atoms with Crippen molar-refractivity contribution in [3.63, 3.8) is 0 Å². The van der Waals surface area contributed by atoms with Gasteiger partial charge in [0.15, 0.2) is 0 Å². The molecule has 0 unspecified atom stereocenters. The highest BCUT2D eigenvalue weighted by Crippen LogP contribution is 2.15. The van der Waals surface area contributed by atoms with Gasteiger partial charge in [-0.25, -0.2) is 4.98 Å². The highest BCUT2D eigenvalue weighted by atomic mass is 32.1. The summed E-state index contributed by atoms with van der Waals surface area (Å²) in [5.41, 5.74) is 2.55. The van der Waals surface area contributed by atoms with Crippen molar-refractivity contribution in [3.8, 4) is 11.8 Å². The van der Waals surface area contributed by atoms with E-state index in [1.54, 1.807) is 11.3 Å².